The topological polar surface area (TPSA) is 63.7 Å². The van der Waals surface area contributed by atoms with Gasteiger partial charge in [0.1, 0.15) is 0 Å². The predicted molar refractivity (Wildman–Crippen MR) is 107 cm³/mol. The van der Waals surface area contributed by atoms with Gasteiger partial charge in [-0.05, 0) is 62.2 Å². The van der Waals surface area contributed by atoms with Gasteiger partial charge < -0.3 is 4.74 Å². The standard InChI is InChI=1S/C22H33NO4S/c1-20(2)15-7-11-22(20)14-28(25,26)23(18(22)12-15)19(24)16-8-10-21(13-27-3)9-5-4-6-17(16)21/h5,9,15-18H,4,6-8,10-14H2,1-3H3/t15-,16+,17+,18-,21-,22-/m1/s1. The van der Waals surface area contributed by atoms with Crippen molar-refractivity contribution in [1.29, 1.82) is 0 Å². The van der Waals surface area contributed by atoms with E-state index in [1.165, 1.54) is 4.31 Å². The lowest BCUT2D eigenvalue weighted by molar-refractivity contribution is -0.135. The maximum atomic E-state index is 13.8. The third-order valence-electron chi connectivity index (χ3n) is 9.60. The molecule has 5 nitrogen and oxygen atoms in total. The van der Waals surface area contributed by atoms with Crippen molar-refractivity contribution in [3.63, 3.8) is 0 Å². The number of carbonyl (C=O) groups is 1. The summed E-state index contributed by atoms with van der Waals surface area (Å²) in [5.41, 5.74) is -0.327. The number of amides is 1. The summed E-state index contributed by atoms with van der Waals surface area (Å²) >= 11 is 0. The fourth-order valence-electron chi connectivity index (χ4n) is 8.03. The lowest BCUT2D eigenvalue weighted by Gasteiger charge is -2.39. The largest absolute Gasteiger partial charge is 0.384 e. The van der Waals surface area contributed by atoms with E-state index < -0.39 is 10.0 Å². The summed E-state index contributed by atoms with van der Waals surface area (Å²) in [7, 11) is -1.82. The van der Waals surface area contributed by atoms with E-state index in [2.05, 4.69) is 26.0 Å². The molecule has 28 heavy (non-hydrogen) atoms. The average molecular weight is 408 g/mol. The molecule has 1 saturated heterocycles. The Kier molecular flexibility index (Phi) is 3.99. The van der Waals surface area contributed by atoms with Gasteiger partial charge in [-0.3, -0.25) is 4.79 Å². The number of rotatable bonds is 3. The molecule has 0 unspecified atom stereocenters. The molecule has 0 aromatic rings. The van der Waals surface area contributed by atoms with Gasteiger partial charge in [0.25, 0.3) is 0 Å². The van der Waals surface area contributed by atoms with Gasteiger partial charge in [-0.1, -0.05) is 26.0 Å². The Morgan fingerprint density at radius 1 is 1.21 bits per heavy atom. The quantitative estimate of drug-likeness (QED) is 0.673. The monoisotopic (exact) mass is 407 g/mol. The Hall–Kier alpha value is -0.880. The first-order valence-electron chi connectivity index (χ1n) is 10.9. The molecule has 5 aliphatic rings. The number of methoxy groups -OCH3 is 1. The molecule has 4 fully saturated rings. The molecule has 0 N–H and O–H groups in total. The van der Waals surface area contributed by atoms with Crippen LogP contribution in [-0.2, 0) is 19.6 Å². The fraction of sp³-hybridized carbons (Fsp3) is 0.864. The molecular weight excluding hydrogens is 374 g/mol. The van der Waals surface area contributed by atoms with Crippen LogP contribution in [0.2, 0.25) is 0 Å². The smallest absolute Gasteiger partial charge is 0.239 e. The summed E-state index contributed by atoms with van der Waals surface area (Å²) in [5.74, 6) is 0.608. The van der Waals surface area contributed by atoms with Crippen LogP contribution in [0.3, 0.4) is 0 Å². The highest BCUT2D eigenvalue weighted by Gasteiger charge is 2.72. The second-order valence-electron chi connectivity index (χ2n) is 10.7. The summed E-state index contributed by atoms with van der Waals surface area (Å²) < 4.78 is 33.5. The normalized spacial score (nSPS) is 47.3. The second-order valence-corrected chi connectivity index (χ2v) is 12.5. The van der Waals surface area contributed by atoms with Crippen molar-refractivity contribution in [2.75, 3.05) is 19.5 Å². The third-order valence-corrected chi connectivity index (χ3v) is 11.5. The lowest BCUT2D eigenvalue weighted by Crippen LogP contribution is -2.48. The summed E-state index contributed by atoms with van der Waals surface area (Å²) in [4.78, 5) is 13.8. The number of hydrogen-bond donors (Lipinski definition) is 0. The van der Waals surface area contributed by atoms with E-state index in [1.54, 1.807) is 7.11 Å². The first kappa shape index (κ1) is 19.1. The fourth-order valence-corrected chi connectivity index (χ4v) is 10.6. The molecule has 3 saturated carbocycles. The number of carbonyl (C=O) groups excluding carboxylic acids is 1. The summed E-state index contributed by atoms with van der Waals surface area (Å²) in [6, 6.07) is -0.115. The zero-order chi connectivity index (χ0) is 19.9. The number of nitrogens with zero attached hydrogens (tertiary/aromatic N) is 1. The van der Waals surface area contributed by atoms with Crippen LogP contribution >= 0.6 is 0 Å². The highest BCUT2D eigenvalue weighted by atomic mass is 32.2. The van der Waals surface area contributed by atoms with E-state index in [1.807, 2.05) is 0 Å². The van der Waals surface area contributed by atoms with Crippen molar-refractivity contribution in [1.82, 2.24) is 4.31 Å². The molecule has 1 spiro atoms. The maximum absolute atomic E-state index is 13.8. The van der Waals surface area contributed by atoms with Crippen LogP contribution in [0.15, 0.2) is 12.2 Å². The van der Waals surface area contributed by atoms with Gasteiger partial charge in [-0.2, -0.15) is 0 Å². The van der Waals surface area contributed by atoms with Crippen LogP contribution in [-0.4, -0.2) is 44.1 Å². The molecule has 1 heterocycles. The van der Waals surface area contributed by atoms with Crippen molar-refractivity contribution in [3.05, 3.63) is 12.2 Å². The Bertz CT molecular complexity index is 833. The Morgan fingerprint density at radius 3 is 2.71 bits per heavy atom. The minimum atomic E-state index is -3.53. The molecule has 4 aliphatic carbocycles. The van der Waals surface area contributed by atoms with Gasteiger partial charge in [-0.25, -0.2) is 12.7 Å². The zero-order valence-corrected chi connectivity index (χ0v) is 18.1. The van der Waals surface area contributed by atoms with Gasteiger partial charge >= 0.3 is 0 Å². The molecule has 2 bridgehead atoms. The van der Waals surface area contributed by atoms with E-state index in [0.717, 1.165) is 44.9 Å². The van der Waals surface area contributed by atoms with Crippen molar-refractivity contribution < 1.29 is 17.9 Å². The maximum Gasteiger partial charge on any atom is 0.239 e. The molecule has 1 amide bonds. The van der Waals surface area contributed by atoms with Crippen LogP contribution in [0.5, 0.6) is 0 Å². The number of hydrogen-bond acceptors (Lipinski definition) is 4. The van der Waals surface area contributed by atoms with Gasteiger partial charge in [0.05, 0.1) is 18.4 Å². The highest BCUT2D eigenvalue weighted by molar-refractivity contribution is 7.90. The lowest BCUT2D eigenvalue weighted by atomic mass is 9.68. The third kappa shape index (κ3) is 2.17. The van der Waals surface area contributed by atoms with Crippen molar-refractivity contribution in [2.45, 2.75) is 64.8 Å². The molecule has 0 radical (unpaired) electrons. The van der Waals surface area contributed by atoms with Gasteiger partial charge in [0.2, 0.25) is 15.9 Å². The molecular formula is C22H33NO4S. The van der Waals surface area contributed by atoms with Crippen LogP contribution in [0, 0.1) is 34.0 Å². The zero-order valence-electron chi connectivity index (χ0n) is 17.3. The average Bonchev–Trinajstić information content (AvgIpc) is 3.25. The molecule has 5 rings (SSSR count). The van der Waals surface area contributed by atoms with Gasteiger partial charge in [0, 0.05) is 23.9 Å². The van der Waals surface area contributed by atoms with Crippen molar-refractivity contribution in [3.8, 4) is 0 Å². The molecule has 156 valence electrons. The van der Waals surface area contributed by atoms with E-state index in [9.17, 15) is 13.2 Å². The molecule has 6 heteroatoms. The molecule has 1 aliphatic heterocycles. The van der Waals surface area contributed by atoms with E-state index in [-0.39, 0.29) is 45.8 Å². The first-order valence-corrected chi connectivity index (χ1v) is 12.5. The Labute approximate surface area is 168 Å². The minimum Gasteiger partial charge on any atom is -0.384 e. The number of sulfonamides is 1. The number of ether oxygens (including phenoxy) is 1. The Morgan fingerprint density at radius 2 is 2.00 bits per heavy atom. The van der Waals surface area contributed by atoms with Crippen molar-refractivity contribution in [2.24, 2.45) is 34.0 Å². The number of allylic oxidation sites excluding steroid dienone is 1. The van der Waals surface area contributed by atoms with Crippen molar-refractivity contribution >= 4 is 15.9 Å². The SMILES string of the molecule is COC[C@]12C=CCC[C@H]1[C@@H](C(=O)N1[C@@H]3C[C@H]4CC[C@]3(CS1(=O)=O)C4(C)C)CC2. The molecule has 0 aromatic carbocycles. The van der Waals surface area contributed by atoms with Gasteiger partial charge in [0.15, 0.2) is 0 Å². The van der Waals surface area contributed by atoms with Crippen LogP contribution in [0.1, 0.15) is 58.8 Å². The van der Waals surface area contributed by atoms with Gasteiger partial charge in [-0.15, -0.1) is 0 Å². The summed E-state index contributed by atoms with van der Waals surface area (Å²) in [6.07, 6.45) is 11.0. The second kappa shape index (κ2) is 5.84. The van der Waals surface area contributed by atoms with Crippen LogP contribution in [0.4, 0.5) is 0 Å². The highest BCUT2D eigenvalue weighted by Crippen LogP contribution is 2.70. The predicted octanol–water partition coefficient (Wildman–Crippen LogP) is 3.36. The Balaban J connectivity index is 1.49. The first-order chi connectivity index (χ1) is 13.2. The molecule has 0 aromatic heterocycles. The van der Waals surface area contributed by atoms with E-state index in [0.29, 0.717) is 12.5 Å². The minimum absolute atomic E-state index is 0.00281. The van der Waals surface area contributed by atoms with Crippen LogP contribution < -0.4 is 0 Å². The summed E-state index contributed by atoms with van der Waals surface area (Å²) in [5, 5.41) is 0. The van der Waals surface area contributed by atoms with Crippen LogP contribution in [0.25, 0.3) is 0 Å². The number of fused-ring (bicyclic) bond motifs is 2. The molecule has 6 atom stereocenters. The van der Waals surface area contributed by atoms with E-state index >= 15 is 0 Å². The summed E-state index contributed by atoms with van der Waals surface area (Å²) in [6.45, 7) is 5.09. The van der Waals surface area contributed by atoms with E-state index in [4.69, 9.17) is 4.74 Å².